The van der Waals surface area contributed by atoms with Crippen LogP contribution in [0.1, 0.15) is 38.3 Å². The number of rotatable bonds is 4. The molecule has 68 valence electrons. The molecule has 2 N–H and O–H groups in total. The van der Waals surface area contributed by atoms with Crippen molar-refractivity contribution in [2.75, 3.05) is 0 Å². The molecular weight excluding hydrogens is 150 g/mol. The molecule has 1 atom stereocenters. The predicted molar refractivity (Wildman–Crippen MR) is 49.7 cm³/mol. The van der Waals surface area contributed by atoms with Gasteiger partial charge < -0.3 is 5.73 Å². The number of hydrogen-bond acceptors (Lipinski definition) is 2. The van der Waals surface area contributed by atoms with E-state index in [-0.39, 0.29) is 6.04 Å². The molecule has 3 heteroatoms. The summed E-state index contributed by atoms with van der Waals surface area (Å²) in [6, 6.07) is 0.0976. The van der Waals surface area contributed by atoms with Crippen molar-refractivity contribution in [2.24, 2.45) is 5.73 Å². The third-order valence-electron chi connectivity index (χ3n) is 1.92. The topological polar surface area (TPSA) is 43.8 Å². The van der Waals surface area contributed by atoms with Crippen LogP contribution in [0, 0.1) is 0 Å². The van der Waals surface area contributed by atoms with Crippen molar-refractivity contribution in [3.05, 3.63) is 18.0 Å². The number of nitrogens with zero attached hydrogens (tertiary/aromatic N) is 2. The summed E-state index contributed by atoms with van der Waals surface area (Å²) in [5.74, 6) is 0. The van der Waals surface area contributed by atoms with Crippen LogP contribution < -0.4 is 5.73 Å². The highest BCUT2D eigenvalue weighted by Gasteiger charge is 2.01. The summed E-state index contributed by atoms with van der Waals surface area (Å²) in [6.07, 6.45) is 6.26. The molecule has 1 aromatic heterocycles. The molecule has 0 fully saturated rings. The Morgan fingerprint density at radius 2 is 2.42 bits per heavy atom. The van der Waals surface area contributed by atoms with Crippen molar-refractivity contribution in [3.63, 3.8) is 0 Å². The first kappa shape index (κ1) is 9.26. The summed E-state index contributed by atoms with van der Waals surface area (Å²) in [4.78, 5) is 0. The van der Waals surface area contributed by atoms with E-state index < -0.39 is 0 Å². The zero-order valence-corrected chi connectivity index (χ0v) is 7.83. The molecule has 1 heterocycles. The van der Waals surface area contributed by atoms with E-state index in [4.69, 9.17) is 5.73 Å². The maximum atomic E-state index is 5.70. The van der Waals surface area contributed by atoms with Crippen LogP contribution in [0.4, 0.5) is 0 Å². The van der Waals surface area contributed by atoms with E-state index in [0.29, 0.717) is 0 Å². The van der Waals surface area contributed by atoms with Crippen LogP contribution in [0.3, 0.4) is 0 Å². The summed E-state index contributed by atoms with van der Waals surface area (Å²) in [5, 5.41) is 4.21. The Kier molecular flexibility index (Phi) is 3.29. The van der Waals surface area contributed by atoms with Crippen LogP contribution >= 0.6 is 0 Å². The lowest BCUT2D eigenvalue weighted by Crippen LogP contribution is -2.03. The molecule has 0 aliphatic carbocycles. The van der Waals surface area contributed by atoms with Gasteiger partial charge in [0.2, 0.25) is 0 Å². The largest absolute Gasteiger partial charge is 0.324 e. The van der Waals surface area contributed by atoms with Gasteiger partial charge in [-0.3, -0.25) is 4.68 Å². The Morgan fingerprint density at radius 3 is 2.92 bits per heavy atom. The molecule has 3 nitrogen and oxygen atoms in total. The number of hydrogen-bond donors (Lipinski definition) is 1. The average molecular weight is 167 g/mol. The Hall–Kier alpha value is -0.830. The van der Waals surface area contributed by atoms with Crippen molar-refractivity contribution < 1.29 is 0 Å². The van der Waals surface area contributed by atoms with Gasteiger partial charge in [0.1, 0.15) is 0 Å². The third-order valence-corrected chi connectivity index (χ3v) is 1.92. The van der Waals surface area contributed by atoms with Gasteiger partial charge in [-0.05, 0) is 13.3 Å². The fourth-order valence-corrected chi connectivity index (χ4v) is 1.06. The summed E-state index contributed by atoms with van der Waals surface area (Å²) in [7, 11) is 0. The molecule has 1 aromatic rings. The minimum absolute atomic E-state index is 0.0976. The van der Waals surface area contributed by atoms with Crippen LogP contribution in [0.15, 0.2) is 12.4 Å². The summed E-state index contributed by atoms with van der Waals surface area (Å²) < 4.78 is 1.96. The zero-order chi connectivity index (χ0) is 8.97. The monoisotopic (exact) mass is 167 g/mol. The van der Waals surface area contributed by atoms with Crippen molar-refractivity contribution in [1.82, 2.24) is 9.78 Å². The van der Waals surface area contributed by atoms with Crippen LogP contribution in [-0.4, -0.2) is 9.78 Å². The fraction of sp³-hybridized carbons (Fsp3) is 0.667. The van der Waals surface area contributed by atoms with Crippen LogP contribution in [0.5, 0.6) is 0 Å². The van der Waals surface area contributed by atoms with Gasteiger partial charge in [0.05, 0.1) is 6.20 Å². The van der Waals surface area contributed by atoms with Crippen molar-refractivity contribution in [2.45, 2.75) is 39.3 Å². The predicted octanol–water partition coefficient (Wildman–Crippen LogP) is 1.70. The molecule has 1 rings (SSSR count). The number of nitrogens with two attached hydrogens (primary N) is 1. The number of aryl methyl sites for hydroxylation is 1. The highest BCUT2D eigenvalue weighted by molar-refractivity contribution is 5.07. The van der Waals surface area contributed by atoms with Crippen molar-refractivity contribution in [1.29, 1.82) is 0 Å². The fourth-order valence-electron chi connectivity index (χ4n) is 1.06. The second kappa shape index (κ2) is 4.26. The van der Waals surface area contributed by atoms with Gasteiger partial charge in [-0.1, -0.05) is 13.3 Å². The van der Waals surface area contributed by atoms with Gasteiger partial charge in [-0.15, -0.1) is 0 Å². The Balaban J connectivity index is 2.52. The van der Waals surface area contributed by atoms with Gasteiger partial charge in [0.15, 0.2) is 0 Å². The quantitative estimate of drug-likeness (QED) is 0.741. The molecule has 0 radical (unpaired) electrons. The van der Waals surface area contributed by atoms with Crippen LogP contribution in [0.25, 0.3) is 0 Å². The second-order valence-electron chi connectivity index (χ2n) is 3.18. The van der Waals surface area contributed by atoms with E-state index in [2.05, 4.69) is 12.0 Å². The average Bonchev–Trinajstić information content (AvgIpc) is 2.48. The van der Waals surface area contributed by atoms with Crippen molar-refractivity contribution in [3.8, 4) is 0 Å². The molecule has 0 aliphatic rings. The Labute approximate surface area is 73.6 Å². The molecule has 0 aliphatic heterocycles. The maximum absolute atomic E-state index is 5.70. The number of unbranched alkanes of at least 4 members (excludes halogenated alkanes) is 1. The number of aromatic nitrogens is 2. The molecule has 0 saturated heterocycles. The first-order valence-corrected chi connectivity index (χ1v) is 4.52. The lowest BCUT2D eigenvalue weighted by Gasteiger charge is -1.99. The molecule has 0 amide bonds. The summed E-state index contributed by atoms with van der Waals surface area (Å²) >= 11 is 0. The van der Waals surface area contributed by atoms with E-state index >= 15 is 0 Å². The standard InChI is InChI=1S/C9H17N3/c1-3-4-5-12-7-9(6-11-12)8(2)10/h6-8H,3-5,10H2,1-2H3/t8-/m0/s1. The maximum Gasteiger partial charge on any atom is 0.0537 e. The van der Waals surface area contributed by atoms with Gasteiger partial charge in [-0.2, -0.15) is 5.10 Å². The zero-order valence-electron chi connectivity index (χ0n) is 7.83. The normalized spacial score (nSPS) is 13.2. The highest BCUT2D eigenvalue weighted by Crippen LogP contribution is 2.07. The lowest BCUT2D eigenvalue weighted by molar-refractivity contribution is 0.571. The third kappa shape index (κ3) is 2.34. The lowest BCUT2D eigenvalue weighted by atomic mass is 10.2. The van der Waals surface area contributed by atoms with Gasteiger partial charge >= 0.3 is 0 Å². The molecule has 0 bridgehead atoms. The van der Waals surface area contributed by atoms with Crippen molar-refractivity contribution >= 4 is 0 Å². The second-order valence-corrected chi connectivity index (χ2v) is 3.18. The van der Waals surface area contributed by atoms with E-state index in [1.54, 1.807) is 0 Å². The first-order valence-electron chi connectivity index (χ1n) is 4.52. The van der Waals surface area contributed by atoms with E-state index in [9.17, 15) is 0 Å². The first-order chi connectivity index (χ1) is 5.74. The Morgan fingerprint density at radius 1 is 1.67 bits per heavy atom. The molecular formula is C9H17N3. The van der Waals surface area contributed by atoms with Crippen LogP contribution in [0.2, 0.25) is 0 Å². The summed E-state index contributed by atoms with van der Waals surface area (Å²) in [6.45, 7) is 5.15. The molecule has 0 aromatic carbocycles. The molecule has 12 heavy (non-hydrogen) atoms. The molecule has 0 spiro atoms. The minimum Gasteiger partial charge on any atom is -0.324 e. The van der Waals surface area contributed by atoms with E-state index in [1.165, 1.54) is 12.8 Å². The van der Waals surface area contributed by atoms with Crippen LogP contribution in [-0.2, 0) is 6.54 Å². The van der Waals surface area contributed by atoms with E-state index in [1.807, 2.05) is 24.0 Å². The highest BCUT2D eigenvalue weighted by atomic mass is 15.3. The SMILES string of the molecule is CCCCn1cc([C@H](C)N)cn1. The van der Waals surface area contributed by atoms with Gasteiger partial charge in [0, 0.05) is 24.3 Å². The summed E-state index contributed by atoms with van der Waals surface area (Å²) in [5.41, 5.74) is 6.82. The van der Waals surface area contributed by atoms with Gasteiger partial charge in [-0.25, -0.2) is 0 Å². The molecule has 0 unspecified atom stereocenters. The molecule has 0 saturated carbocycles. The smallest absolute Gasteiger partial charge is 0.0537 e. The minimum atomic E-state index is 0.0976. The van der Waals surface area contributed by atoms with Gasteiger partial charge in [0.25, 0.3) is 0 Å². The Bertz CT molecular complexity index is 227. The van der Waals surface area contributed by atoms with E-state index in [0.717, 1.165) is 12.1 Å².